The highest BCUT2D eigenvalue weighted by Crippen LogP contribution is 2.15. The second-order valence-electron chi connectivity index (χ2n) is 20.3. The fourth-order valence-corrected chi connectivity index (χ4v) is 6.84. The van der Waals surface area contributed by atoms with Gasteiger partial charge in [-0.2, -0.15) is 0 Å². The van der Waals surface area contributed by atoms with Gasteiger partial charge >= 0.3 is 35.9 Å². The number of carboxylic acid groups (broad SMARTS) is 1. The minimum absolute atomic E-state index is 0.0121. The van der Waals surface area contributed by atoms with Crippen LogP contribution in [0.1, 0.15) is 269 Å². The summed E-state index contributed by atoms with van der Waals surface area (Å²) in [5, 5.41) is 14.7. The normalized spacial score (nSPS) is 11.7. The first-order chi connectivity index (χ1) is 36.4. The SMILES string of the molecule is CC(C)(C)OC(=O)N1CCCC1.CCC(=O)O.CCCCCCCCOC(=O)CC.CCCCCCCCOC(=O)CC(C)CC.CCCCCCCCOC(=O)CN(CC=O)CC(=O)OCCCCCCCC.CO. The lowest BCUT2D eigenvalue weighted by molar-refractivity contribution is -0.149. The van der Waals surface area contributed by atoms with Crippen LogP contribution in [0.25, 0.3) is 0 Å². The Labute approximate surface area is 464 Å². The zero-order valence-electron chi connectivity index (χ0n) is 50.9. The summed E-state index contributed by atoms with van der Waals surface area (Å²) in [5.41, 5.74) is -0.361. The number of likely N-dealkylation sites (tertiary alicyclic amines) is 1. The molecule has 0 bridgehead atoms. The highest BCUT2D eigenvalue weighted by Gasteiger charge is 2.24. The van der Waals surface area contributed by atoms with Gasteiger partial charge in [0.25, 0.3) is 0 Å². The molecule has 0 radical (unpaired) electrons. The van der Waals surface area contributed by atoms with Crippen molar-refractivity contribution in [3.05, 3.63) is 0 Å². The summed E-state index contributed by atoms with van der Waals surface area (Å²) in [6, 6.07) is 0. The molecule has 0 aromatic rings. The van der Waals surface area contributed by atoms with E-state index in [0.717, 1.165) is 90.8 Å². The van der Waals surface area contributed by atoms with Gasteiger partial charge in [0, 0.05) is 39.5 Å². The van der Waals surface area contributed by atoms with Gasteiger partial charge in [-0.15, -0.1) is 0 Å². The van der Waals surface area contributed by atoms with Crippen molar-refractivity contribution in [2.24, 2.45) is 5.92 Å². The van der Waals surface area contributed by atoms with Gasteiger partial charge in [-0.05, 0) is 65.2 Å². The highest BCUT2D eigenvalue weighted by atomic mass is 16.6. The van der Waals surface area contributed by atoms with E-state index < -0.39 is 17.9 Å². The van der Waals surface area contributed by atoms with Crippen LogP contribution in [0.5, 0.6) is 0 Å². The third kappa shape index (κ3) is 70.2. The van der Waals surface area contributed by atoms with E-state index in [4.69, 9.17) is 33.9 Å². The largest absolute Gasteiger partial charge is 0.481 e. The van der Waals surface area contributed by atoms with E-state index in [9.17, 15) is 33.6 Å². The Morgan fingerprint density at radius 1 is 0.513 bits per heavy atom. The lowest BCUT2D eigenvalue weighted by atomic mass is 10.1. The number of nitrogens with zero attached hydrogens (tertiary/aromatic N) is 2. The number of unbranched alkanes of at least 4 members (excludes halogenated alkanes) is 20. The molecular weight excluding hydrogens is 973 g/mol. The van der Waals surface area contributed by atoms with Crippen LogP contribution in [0.4, 0.5) is 4.79 Å². The van der Waals surface area contributed by atoms with Crippen LogP contribution in [0.15, 0.2) is 0 Å². The number of hydrogen-bond acceptors (Lipinski definition) is 14. The molecule has 1 saturated heterocycles. The van der Waals surface area contributed by atoms with Gasteiger partial charge in [-0.3, -0.25) is 28.9 Å². The molecule has 16 nitrogen and oxygen atoms in total. The van der Waals surface area contributed by atoms with Crippen LogP contribution in [0.3, 0.4) is 0 Å². The Hall–Kier alpha value is -3.79. The molecule has 452 valence electrons. The summed E-state index contributed by atoms with van der Waals surface area (Å²) >= 11 is 0. The molecule has 0 aromatic heterocycles. The molecule has 0 saturated carbocycles. The van der Waals surface area contributed by atoms with E-state index in [0.29, 0.717) is 51.5 Å². The van der Waals surface area contributed by atoms with E-state index in [1.165, 1.54) is 108 Å². The first-order valence-electron chi connectivity index (χ1n) is 29.8. The number of carboxylic acids is 1. The monoisotopic (exact) mass is 1090 g/mol. The summed E-state index contributed by atoms with van der Waals surface area (Å²) in [6.07, 6.45) is 33.4. The van der Waals surface area contributed by atoms with Crippen LogP contribution in [0, 0.1) is 5.92 Å². The third-order valence-corrected chi connectivity index (χ3v) is 11.6. The second kappa shape index (κ2) is 63.7. The van der Waals surface area contributed by atoms with E-state index >= 15 is 0 Å². The third-order valence-electron chi connectivity index (χ3n) is 11.6. The molecule has 1 aliphatic rings. The predicted octanol–water partition coefficient (Wildman–Crippen LogP) is 14.0. The predicted molar refractivity (Wildman–Crippen MR) is 307 cm³/mol. The summed E-state index contributed by atoms with van der Waals surface area (Å²) in [6.45, 7) is 25.7. The number of carbonyl (C=O) groups is 7. The Morgan fingerprint density at radius 2 is 0.829 bits per heavy atom. The van der Waals surface area contributed by atoms with Crippen molar-refractivity contribution in [3.63, 3.8) is 0 Å². The number of rotatable bonds is 39. The van der Waals surface area contributed by atoms with Crippen molar-refractivity contribution in [3.8, 4) is 0 Å². The Morgan fingerprint density at radius 3 is 1.12 bits per heavy atom. The minimum atomic E-state index is -0.745. The molecule has 1 atom stereocenters. The van der Waals surface area contributed by atoms with Crippen LogP contribution in [-0.4, -0.2) is 134 Å². The molecule has 0 spiro atoms. The number of amides is 1. The molecular formula is C60H118N2O14. The fourth-order valence-electron chi connectivity index (χ4n) is 6.84. The van der Waals surface area contributed by atoms with Crippen molar-refractivity contribution in [2.45, 2.75) is 274 Å². The van der Waals surface area contributed by atoms with Gasteiger partial charge in [0.15, 0.2) is 0 Å². The van der Waals surface area contributed by atoms with Crippen molar-refractivity contribution in [2.75, 3.05) is 66.3 Å². The molecule has 76 heavy (non-hydrogen) atoms. The van der Waals surface area contributed by atoms with E-state index in [1.54, 1.807) is 11.8 Å². The molecule has 1 aliphatic heterocycles. The highest BCUT2D eigenvalue weighted by molar-refractivity contribution is 5.76. The summed E-state index contributed by atoms with van der Waals surface area (Å²) in [5.74, 6) is -1.20. The maximum atomic E-state index is 11.9. The average Bonchev–Trinajstić information content (AvgIpc) is 3.94. The van der Waals surface area contributed by atoms with Crippen molar-refractivity contribution in [1.82, 2.24) is 9.80 Å². The molecule has 1 rings (SSSR count). The zero-order valence-corrected chi connectivity index (χ0v) is 50.9. The number of esters is 4. The molecule has 1 unspecified atom stereocenters. The summed E-state index contributed by atoms with van der Waals surface area (Å²) in [4.78, 5) is 80.6. The number of carbonyl (C=O) groups excluding carboxylic acids is 6. The van der Waals surface area contributed by atoms with Gasteiger partial charge in [-0.25, -0.2) is 4.79 Å². The van der Waals surface area contributed by atoms with E-state index in [2.05, 4.69) is 41.5 Å². The van der Waals surface area contributed by atoms with Crippen LogP contribution in [0.2, 0.25) is 0 Å². The smallest absolute Gasteiger partial charge is 0.410 e. The number of aliphatic hydroxyl groups is 1. The molecule has 1 heterocycles. The van der Waals surface area contributed by atoms with Crippen molar-refractivity contribution < 1.29 is 67.5 Å². The molecule has 0 aromatic carbocycles. The number of aldehydes is 1. The van der Waals surface area contributed by atoms with E-state index in [-0.39, 0.29) is 49.7 Å². The first-order valence-corrected chi connectivity index (χ1v) is 29.8. The zero-order chi connectivity index (χ0) is 58.5. The van der Waals surface area contributed by atoms with Gasteiger partial charge in [0.1, 0.15) is 11.9 Å². The number of ether oxygens (including phenoxy) is 5. The number of aliphatic carboxylic acids is 1. The molecule has 16 heteroatoms. The van der Waals surface area contributed by atoms with Crippen LogP contribution < -0.4 is 0 Å². The van der Waals surface area contributed by atoms with Gasteiger partial charge in [0.05, 0.1) is 46.1 Å². The van der Waals surface area contributed by atoms with Crippen molar-refractivity contribution in [1.29, 1.82) is 0 Å². The fraction of sp³-hybridized carbons (Fsp3) is 0.883. The van der Waals surface area contributed by atoms with Crippen molar-refractivity contribution >= 4 is 42.2 Å². The Balaban J connectivity index is -0.000000298. The van der Waals surface area contributed by atoms with Gasteiger partial charge in [-0.1, -0.05) is 190 Å². The molecule has 2 N–H and O–H groups in total. The first kappa shape index (κ1) is 81.1. The van der Waals surface area contributed by atoms with E-state index in [1.807, 2.05) is 27.7 Å². The molecule has 1 fully saturated rings. The molecule has 0 aliphatic carbocycles. The Kier molecular flexibility index (Phi) is 68.0. The lowest BCUT2D eigenvalue weighted by Crippen LogP contribution is -2.37. The van der Waals surface area contributed by atoms with Gasteiger partial charge in [0.2, 0.25) is 0 Å². The van der Waals surface area contributed by atoms with Crippen LogP contribution in [-0.2, 0) is 52.5 Å². The maximum Gasteiger partial charge on any atom is 0.410 e. The lowest BCUT2D eigenvalue weighted by Gasteiger charge is -2.23. The van der Waals surface area contributed by atoms with Gasteiger partial charge < -0.3 is 43.6 Å². The number of hydrogen-bond donors (Lipinski definition) is 2. The number of aliphatic hydroxyl groups excluding tert-OH is 1. The maximum absolute atomic E-state index is 11.9. The second-order valence-corrected chi connectivity index (χ2v) is 20.3. The standard InChI is InChI=1S/C22H41NO5.C14H28O2.C11H22O2.C9H17NO2.C3H6O2.CH4O/c1-3-5-7-9-11-13-17-27-21(25)19-23(15-16-24)20-22(26)28-18-14-12-10-8-6-4-2;1-4-6-7-8-9-10-11-16-14(15)12-13(3)5-2;1-3-5-6-7-8-9-10-13-11(12)4-2;1-9(2,3)12-8(11)10-6-4-5-7-10;1-2-3(4)5;1-2/h16H,3-15,17-20H2,1-2H3;13H,4-12H2,1-3H3;3-10H2,1-2H3;4-7H2,1-3H3;2H2,1H3,(H,4,5);2H,1H3. The summed E-state index contributed by atoms with van der Waals surface area (Å²) in [7, 11) is 1.00. The quantitative estimate of drug-likeness (QED) is 0.0254. The summed E-state index contributed by atoms with van der Waals surface area (Å²) < 4.78 is 25.8. The average molecular weight is 1090 g/mol. The minimum Gasteiger partial charge on any atom is -0.481 e. The Bertz CT molecular complexity index is 1290. The topological polar surface area (TPSA) is 213 Å². The van der Waals surface area contributed by atoms with Crippen LogP contribution >= 0.6 is 0 Å². The molecule has 1 amide bonds.